The number of aliphatic hydroxyl groups is 1. The molecule has 10 nitrogen and oxygen atoms in total. The van der Waals surface area contributed by atoms with Crippen molar-refractivity contribution < 1.29 is 19.3 Å². The molecule has 1 unspecified atom stereocenters. The summed E-state index contributed by atoms with van der Waals surface area (Å²) in [6.45, 7) is 4.01. The largest absolute Gasteiger partial charge is 0.386 e. The van der Waals surface area contributed by atoms with Gasteiger partial charge in [0.25, 0.3) is 11.7 Å². The van der Waals surface area contributed by atoms with E-state index in [2.05, 4.69) is 15.3 Å². The third kappa shape index (κ3) is 4.50. The molecule has 0 spiro atoms. The lowest BCUT2D eigenvalue weighted by molar-refractivity contribution is -0.750. The lowest BCUT2D eigenvalue weighted by Crippen LogP contribution is -2.53. The molecule has 4 aliphatic rings. The van der Waals surface area contributed by atoms with Crippen molar-refractivity contribution in [2.45, 2.75) is 51.2 Å². The minimum absolute atomic E-state index is 0.0898. The van der Waals surface area contributed by atoms with E-state index in [0.717, 1.165) is 36.2 Å². The van der Waals surface area contributed by atoms with Crippen LogP contribution in [-0.2, 0) is 10.4 Å². The number of hydrogen-bond donors (Lipinski definition) is 3. The van der Waals surface area contributed by atoms with Crippen LogP contribution in [0.4, 0.5) is 5.82 Å². The van der Waals surface area contributed by atoms with E-state index in [4.69, 9.17) is 10.8 Å². The number of anilines is 1. The third-order valence-electron chi connectivity index (χ3n) is 8.04. The molecule has 0 radical (unpaired) electrons. The van der Waals surface area contributed by atoms with Crippen LogP contribution in [0.2, 0.25) is 0 Å². The monoisotopic (exact) mass is 526 g/mol. The molecule has 0 saturated carbocycles. The number of allylic oxidation sites excluding steroid dienone is 1. The van der Waals surface area contributed by atoms with Crippen molar-refractivity contribution in [2.75, 3.05) is 11.9 Å². The Labute approximate surface area is 226 Å². The van der Waals surface area contributed by atoms with E-state index >= 15 is 0 Å². The number of aromatic nitrogens is 1. The number of amides is 2. The first-order valence-corrected chi connectivity index (χ1v) is 13.3. The maximum Gasteiger partial charge on any atom is 0.264 e. The maximum absolute atomic E-state index is 12.9. The van der Waals surface area contributed by atoms with Crippen LogP contribution in [0.25, 0.3) is 0 Å². The smallest absolute Gasteiger partial charge is 0.264 e. The van der Waals surface area contributed by atoms with Gasteiger partial charge >= 0.3 is 0 Å². The molecule has 4 N–H and O–H groups in total. The molecular formula is C29H32N7O3+. The number of aliphatic imine (C=N–C) groups is 2. The van der Waals surface area contributed by atoms with Crippen molar-refractivity contribution in [2.24, 2.45) is 21.7 Å². The zero-order valence-electron chi connectivity index (χ0n) is 22.0. The molecule has 10 heteroatoms. The molecule has 5 heterocycles. The summed E-state index contributed by atoms with van der Waals surface area (Å²) in [4.78, 5) is 40.9. The molecule has 6 rings (SSSR count). The van der Waals surface area contributed by atoms with Crippen LogP contribution >= 0.6 is 0 Å². The molecule has 0 aliphatic carbocycles. The Hall–Kier alpha value is -3.99. The normalized spacial score (nSPS) is 26.0. The van der Waals surface area contributed by atoms with Crippen LogP contribution in [0, 0.1) is 5.92 Å². The fourth-order valence-electron chi connectivity index (χ4n) is 5.83. The molecule has 2 fully saturated rings. The average Bonchev–Trinajstić information content (AvgIpc) is 3.45. The van der Waals surface area contributed by atoms with Crippen LogP contribution in [-0.4, -0.2) is 56.0 Å². The number of nitrogens with two attached hydrogens (primary N) is 1. The number of nitrogens with zero attached hydrogens (tertiary/aromatic N) is 5. The van der Waals surface area contributed by atoms with Gasteiger partial charge in [-0.2, -0.15) is 10.8 Å². The van der Waals surface area contributed by atoms with Gasteiger partial charge in [0.2, 0.25) is 11.6 Å². The van der Waals surface area contributed by atoms with Crippen molar-refractivity contribution in [3.05, 3.63) is 83.1 Å². The number of quaternary nitrogens is 1. The fourth-order valence-corrected chi connectivity index (χ4v) is 5.83. The van der Waals surface area contributed by atoms with E-state index < -0.39 is 5.60 Å². The second kappa shape index (κ2) is 9.33. The van der Waals surface area contributed by atoms with E-state index in [9.17, 15) is 14.7 Å². The number of rotatable bonds is 5. The molecule has 39 heavy (non-hydrogen) atoms. The maximum atomic E-state index is 12.9. The average molecular weight is 527 g/mol. The molecule has 2 saturated heterocycles. The Bertz CT molecular complexity index is 1470. The molecule has 2 amide bonds. The first-order valence-electron chi connectivity index (χ1n) is 13.3. The molecule has 4 aliphatic heterocycles. The summed E-state index contributed by atoms with van der Waals surface area (Å²) in [6, 6.07) is 10.8. The van der Waals surface area contributed by atoms with Gasteiger partial charge in [-0.25, -0.2) is 4.98 Å². The summed E-state index contributed by atoms with van der Waals surface area (Å²) >= 11 is 0. The van der Waals surface area contributed by atoms with Gasteiger partial charge in [-0.05, 0) is 75.1 Å². The zero-order valence-corrected chi connectivity index (χ0v) is 22.0. The summed E-state index contributed by atoms with van der Waals surface area (Å²) in [5, 5.41) is 13.1. The number of fused-ring (bicyclic) bond motifs is 2. The Morgan fingerprint density at radius 3 is 2.74 bits per heavy atom. The van der Waals surface area contributed by atoms with E-state index in [-0.39, 0.29) is 22.3 Å². The number of carbonyl (C=O) groups excluding carboxylic acids is 2. The quantitative estimate of drug-likeness (QED) is 0.407. The highest BCUT2D eigenvalue weighted by molar-refractivity contribution is 6.05. The first kappa shape index (κ1) is 25.3. The Morgan fingerprint density at radius 2 is 1.97 bits per heavy atom. The van der Waals surface area contributed by atoms with Crippen LogP contribution in [0.1, 0.15) is 61.0 Å². The van der Waals surface area contributed by atoms with Crippen LogP contribution in [0.5, 0.6) is 0 Å². The minimum Gasteiger partial charge on any atom is -0.386 e. The fraction of sp³-hybridized carbons (Fsp3) is 0.345. The minimum atomic E-state index is -1.05. The standard InChI is InChI=1S/C29H31N7O3/c1-29(2,39)21-11-12-32-24(15-21)33-28(38)19-5-3-18(4-6-19)27-34-26(23-16-31-13-14-36(23,27)30)20-7-8-22-9-10-25(37)35(22)17-20/h3-6,11-16,20,22,39H,7-10,17,30H2,1-2H3/p+1/t20-,22+,36?/m1/s1. The van der Waals surface area contributed by atoms with Crippen LogP contribution in [0.3, 0.4) is 0 Å². The second-order valence-corrected chi connectivity index (χ2v) is 11.1. The molecule has 0 bridgehead atoms. The number of pyridine rings is 1. The summed E-state index contributed by atoms with van der Waals surface area (Å²) in [6.07, 6.45) is 10.3. The van der Waals surface area contributed by atoms with Gasteiger partial charge in [-0.3, -0.25) is 14.6 Å². The van der Waals surface area contributed by atoms with Crippen molar-refractivity contribution in [3.63, 3.8) is 0 Å². The topological polar surface area (TPSA) is 133 Å². The Morgan fingerprint density at radius 1 is 1.18 bits per heavy atom. The number of nitrogens with one attached hydrogen (secondary N) is 1. The molecule has 200 valence electrons. The third-order valence-corrected chi connectivity index (χ3v) is 8.04. The summed E-state index contributed by atoms with van der Waals surface area (Å²) in [7, 11) is 0. The van der Waals surface area contributed by atoms with Gasteiger partial charge in [0.1, 0.15) is 17.7 Å². The first-order chi connectivity index (χ1) is 18.6. The van der Waals surface area contributed by atoms with Crippen molar-refractivity contribution in [3.8, 4) is 0 Å². The van der Waals surface area contributed by atoms with Crippen molar-refractivity contribution in [1.82, 2.24) is 9.88 Å². The molecule has 1 aromatic carbocycles. The van der Waals surface area contributed by atoms with E-state index in [1.165, 1.54) is 0 Å². The summed E-state index contributed by atoms with van der Waals surface area (Å²) in [5.74, 6) is 7.90. The molecule has 2 aromatic rings. The SMILES string of the molecule is CC(C)(O)c1ccnc(NC(=O)c2ccc(C3=NC([C@@H]4CC[C@H]5CCC(=O)N5C4)=C4C=NC=C[N+]34N)cc2)c1. The van der Waals surface area contributed by atoms with Crippen LogP contribution in [0.15, 0.2) is 76.4 Å². The lowest BCUT2D eigenvalue weighted by atomic mass is 9.90. The summed E-state index contributed by atoms with van der Waals surface area (Å²) < 4.78 is -0.105. The Balaban J connectivity index is 1.24. The highest BCUT2D eigenvalue weighted by Gasteiger charge is 2.47. The molecule has 3 atom stereocenters. The van der Waals surface area contributed by atoms with Crippen LogP contribution < -0.4 is 11.2 Å². The zero-order chi connectivity index (χ0) is 27.4. The second-order valence-electron chi connectivity index (χ2n) is 11.1. The molecular weight excluding hydrogens is 494 g/mol. The van der Waals surface area contributed by atoms with Crippen molar-refractivity contribution in [1.29, 1.82) is 0 Å². The highest BCUT2D eigenvalue weighted by Crippen LogP contribution is 2.40. The van der Waals surface area contributed by atoms with E-state index in [1.54, 1.807) is 62.9 Å². The number of carbonyl (C=O) groups is 2. The number of amidine groups is 1. The van der Waals surface area contributed by atoms with Gasteiger partial charge in [0.15, 0.2) is 0 Å². The number of piperidine rings is 1. The van der Waals surface area contributed by atoms with Gasteiger partial charge < -0.3 is 15.3 Å². The van der Waals surface area contributed by atoms with Gasteiger partial charge in [-0.15, -0.1) is 4.59 Å². The van der Waals surface area contributed by atoms with Crippen molar-refractivity contribution >= 4 is 29.7 Å². The van der Waals surface area contributed by atoms with E-state index in [0.29, 0.717) is 41.8 Å². The predicted molar refractivity (Wildman–Crippen MR) is 147 cm³/mol. The number of benzene rings is 1. The van der Waals surface area contributed by atoms with E-state index in [1.807, 2.05) is 17.0 Å². The van der Waals surface area contributed by atoms with Gasteiger partial charge in [0, 0.05) is 36.7 Å². The molecule has 1 aromatic heterocycles. The predicted octanol–water partition coefficient (Wildman–Crippen LogP) is 3.18. The lowest BCUT2D eigenvalue weighted by Gasteiger charge is -2.35. The highest BCUT2D eigenvalue weighted by atomic mass is 16.3. The number of hydrogen-bond acceptors (Lipinski definition) is 7. The van der Waals surface area contributed by atoms with Gasteiger partial charge in [0.05, 0.1) is 23.6 Å². The van der Waals surface area contributed by atoms with Gasteiger partial charge in [-0.1, -0.05) is 0 Å². The Kier molecular flexibility index (Phi) is 6.05. The summed E-state index contributed by atoms with van der Waals surface area (Å²) in [5.41, 5.74) is 2.52.